The molecule has 0 spiro atoms. The van der Waals surface area contributed by atoms with E-state index < -0.39 is 5.38 Å². The lowest BCUT2D eigenvalue weighted by atomic mass is 10.0. The number of halogens is 2. The highest BCUT2D eigenvalue weighted by molar-refractivity contribution is 6.23. The predicted octanol–water partition coefficient (Wildman–Crippen LogP) is 4.17. The number of benzene rings is 2. The molecule has 0 bridgehead atoms. The Morgan fingerprint density at radius 2 is 1.47 bits per heavy atom. The van der Waals surface area contributed by atoms with Gasteiger partial charge in [-0.1, -0.05) is 18.2 Å². The first kappa shape index (κ1) is 13.7. The maximum absolute atomic E-state index is 13.0. The van der Waals surface area contributed by atoms with Crippen LogP contribution in [0.2, 0.25) is 0 Å². The van der Waals surface area contributed by atoms with Crippen LogP contribution in [-0.4, -0.2) is 14.2 Å². The lowest BCUT2D eigenvalue weighted by Gasteiger charge is -2.17. The number of methoxy groups -OCH3 is 2. The van der Waals surface area contributed by atoms with Gasteiger partial charge in [0.15, 0.2) is 0 Å². The molecule has 2 aromatic carbocycles. The normalized spacial score (nSPS) is 12.0. The first-order valence-electron chi connectivity index (χ1n) is 5.77. The minimum Gasteiger partial charge on any atom is -0.496 e. The van der Waals surface area contributed by atoms with Crippen molar-refractivity contribution in [3.8, 4) is 11.5 Å². The number of hydrogen-bond donors (Lipinski definition) is 0. The smallest absolute Gasteiger partial charge is 0.127 e. The van der Waals surface area contributed by atoms with Crippen molar-refractivity contribution in [3.05, 3.63) is 59.4 Å². The Morgan fingerprint density at radius 1 is 0.947 bits per heavy atom. The molecule has 2 rings (SSSR count). The van der Waals surface area contributed by atoms with Gasteiger partial charge in [0.05, 0.1) is 25.2 Å². The van der Waals surface area contributed by atoms with Crippen molar-refractivity contribution in [3.63, 3.8) is 0 Å². The van der Waals surface area contributed by atoms with Gasteiger partial charge in [-0.2, -0.15) is 0 Å². The van der Waals surface area contributed by atoms with E-state index in [-0.39, 0.29) is 5.82 Å². The lowest BCUT2D eigenvalue weighted by molar-refractivity contribution is 0.386. The van der Waals surface area contributed by atoms with E-state index in [1.807, 2.05) is 18.2 Å². The molecule has 0 fully saturated rings. The average Bonchev–Trinajstić information content (AvgIpc) is 2.46. The fourth-order valence-corrected chi connectivity index (χ4v) is 2.29. The van der Waals surface area contributed by atoms with Crippen molar-refractivity contribution >= 4 is 11.6 Å². The summed E-state index contributed by atoms with van der Waals surface area (Å²) in [6, 6.07) is 11.5. The topological polar surface area (TPSA) is 18.5 Å². The first-order chi connectivity index (χ1) is 9.17. The van der Waals surface area contributed by atoms with Crippen LogP contribution in [0.1, 0.15) is 16.5 Å². The van der Waals surface area contributed by atoms with Crippen molar-refractivity contribution in [2.24, 2.45) is 0 Å². The van der Waals surface area contributed by atoms with Gasteiger partial charge in [-0.15, -0.1) is 11.6 Å². The molecule has 0 aliphatic rings. The molecule has 0 radical (unpaired) electrons. The monoisotopic (exact) mass is 280 g/mol. The Bertz CT molecular complexity index is 532. The van der Waals surface area contributed by atoms with Gasteiger partial charge in [-0.25, -0.2) is 4.39 Å². The Labute approximate surface area is 116 Å². The summed E-state index contributed by atoms with van der Waals surface area (Å²) in [5.41, 5.74) is 1.52. The van der Waals surface area contributed by atoms with Gasteiger partial charge in [-0.3, -0.25) is 0 Å². The van der Waals surface area contributed by atoms with Crippen LogP contribution in [0.5, 0.6) is 11.5 Å². The van der Waals surface area contributed by atoms with E-state index in [2.05, 4.69) is 0 Å². The summed E-state index contributed by atoms with van der Waals surface area (Å²) in [7, 11) is 3.15. The molecule has 100 valence electrons. The van der Waals surface area contributed by atoms with E-state index in [0.29, 0.717) is 11.5 Å². The van der Waals surface area contributed by atoms with Crippen LogP contribution in [0.4, 0.5) is 4.39 Å². The molecule has 19 heavy (non-hydrogen) atoms. The molecule has 1 atom stereocenters. The van der Waals surface area contributed by atoms with Crippen LogP contribution in [-0.2, 0) is 0 Å². The Balaban J connectivity index is 2.47. The second-order valence-corrected chi connectivity index (χ2v) is 4.43. The van der Waals surface area contributed by atoms with Gasteiger partial charge in [0.1, 0.15) is 17.3 Å². The SMILES string of the molecule is COc1cccc(OC)c1C(Cl)c1ccc(F)cc1. The van der Waals surface area contributed by atoms with Crippen molar-refractivity contribution < 1.29 is 13.9 Å². The second kappa shape index (κ2) is 5.93. The van der Waals surface area contributed by atoms with Crippen molar-refractivity contribution in [2.75, 3.05) is 14.2 Å². The minimum atomic E-state index is -0.466. The summed E-state index contributed by atoms with van der Waals surface area (Å²) in [5.74, 6) is 0.993. The zero-order valence-electron chi connectivity index (χ0n) is 10.7. The highest BCUT2D eigenvalue weighted by atomic mass is 35.5. The zero-order chi connectivity index (χ0) is 13.8. The molecule has 0 saturated heterocycles. The van der Waals surface area contributed by atoms with Crippen LogP contribution >= 0.6 is 11.6 Å². The van der Waals surface area contributed by atoms with E-state index in [4.69, 9.17) is 21.1 Å². The molecule has 0 heterocycles. The first-order valence-corrected chi connectivity index (χ1v) is 6.21. The number of rotatable bonds is 4. The predicted molar refractivity (Wildman–Crippen MR) is 73.6 cm³/mol. The summed E-state index contributed by atoms with van der Waals surface area (Å²) < 4.78 is 23.6. The molecule has 0 aliphatic heterocycles. The minimum absolute atomic E-state index is 0.292. The number of ether oxygens (including phenoxy) is 2. The van der Waals surface area contributed by atoms with Gasteiger partial charge >= 0.3 is 0 Å². The van der Waals surface area contributed by atoms with Crippen LogP contribution in [0, 0.1) is 5.82 Å². The summed E-state index contributed by atoms with van der Waals surface area (Å²) >= 11 is 6.47. The van der Waals surface area contributed by atoms with Gasteiger partial charge in [0.2, 0.25) is 0 Å². The largest absolute Gasteiger partial charge is 0.496 e. The molecule has 2 aromatic rings. The third-order valence-electron chi connectivity index (χ3n) is 2.88. The van der Waals surface area contributed by atoms with Crippen molar-refractivity contribution in [1.82, 2.24) is 0 Å². The van der Waals surface area contributed by atoms with E-state index in [1.165, 1.54) is 12.1 Å². The highest BCUT2D eigenvalue weighted by Gasteiger charge is 2.20. The average molecular weight is 281 g/mol. The molecule has 2 nitrogen and oxygen atoms in total. The van der Waals surface area contributed by atoms with E-state index in [0.717, 1.165) is 11.1 Å². The number of hydrogen-bond acceptors (Lipinski definition) is 2. The molecular weight excluding hydrogens is 267 g/mol. The maximum atomic E-state index is 13.0. The third kappa shape index (κ3) is 2.82. The Hall–Kier alpha value is -1.74. The van der Waals surface area contributed by atoms with Crippen LogP contribution in [0.25, 0.3) is 0 Å². The van der Waals surface area contributed by atoms with E-state index in [9.17, 15) is 4.39 Å². The zero-order valence-corrected chi connectivity index (χ0v) is 11.4. The standard InChI is InChI=1S/C15H14ClFO2/c1-18-12-4-3-5-13(19-2)14(12)15(16)10-6-8-11(17)9-7-10/h3-9,15H,1-2H3. The summed E-state index contributed by atoms with van der Waals surface area (Å²) in [6.07, 6.45) is 0. The molecule has 1 unspecified atom stereocenters. The summed E-state index contributed by atoms with van der Waals surface area (Å²) in [4.78, 5) is 0. The fourth-order valence-electron chi connectivity index (χ4n) is 1.93. The second-order valence-electron chi connectivity index (χ2n) is 3.99. The lowest BCUT2D eigenvalue weighted by Crippen LogP contribution is -2.01. The van der Waals surface area contributed by atoms with Crippen molar-refractivity contribution in [1.29, 1.82) is 0 Å². The molecule has 0 N–H and O–H groups in total. The van der Waals surface area contributed by atoms with Crippen molar-refractivity contribution in [2.45, 2.75) is 5.38 Å². The summed E-state index contributed by atoms with van der Waals surface area (Å²) in [6.45, 7) is 0. The van der Waals surface area contributed by atoms with E-state index in [1.54, 1.807) is 26.4 Å². The van der Waals surface area contributed by atoms with Crippen LogP contribution < -0.4 is 9.47 Å². The van der Waals surface area contributed by atoms with E-state index >= 15 is 0 Å². The highest BCUT2D eigenvalue weighted by Crippen LogP contribution is 2.40. The Kier molecular flexibility index (Phi) is 4.27. The third-order valence-corrected chi connectivity index (χ3v) is 3.35. The molecule has 4 heteroatoms. The van der Waals surface area contributed by atoms with Crippen LogP contribution in [0.15, 0.2) is 42.5 Å². The van der Waals surface area contributed by atoms with Gasteiger partial charge in [0.25, 0.3) is 0 Å². The van der Waals surface area contributed by atoms with Crippen LogP contribution in [0.3, 0.4) is 0 Å². The summed E-state index contributed by atoms with van der Waals surface area (Å²) in [5, 5.41) is -0.466. The quantitative estimate of drug-likeness (QED) is 0.783. The molecule has 0 aliphatic carbocycles. The molecule has 0 amide bonds. The Morgan fingerprint density at radius 3 is 1.95 bits per heavy atom. The number of alkyl halides is 1. The maximum Gasteiger partial charge on any atom is 0.127 e. The van der Waals surface area contributed by atoms with Gasteiger partial charge in [0, 0.05) is 0 Å². The van der Waals surface area contributed by atoms with Gasteiger partial charge in [-0.05, 0) is 29.8 Å². The molecule has 0 saturated carbocycles. The van der Waals surface area contributed by atoms with Gasteiger partial charge < -0.3 is 9.47 Å². The molecular formula is C15H14ClFO2. The molecule has 0 aromatic heterocycles. The fraction of sp³-hybridized carbons (Fsp3) is 0.200.